The molecule has 0 aliphatic carbocycles. The number of piperidine rings is 1. The van der Waals surface area contributed by atoms with Crippen LogP contribution in [0.1, 0.15) is 18.9 Å². The summed E-state index contributed by atoms with van der Waals surface area (Å²) in [5.74, 6) is -0.679. The summed E-state index contributed by atoms with van der Waals surface area (Å²) in [6.45, 7) is 2.33. The number of benzene rings is 1. The zero-order chi connectivity index (χ0) is 26.9. The first-order chi connectivity index (χ1) is 18.2. The summed E-state index contributed by atoms with van der Waals surface area (Å²) in [6.07, 6.45) is -3.16. The molecule has 0 saturated carbocycles. The number of aromatic nitrogens is 4. The van der Waals surface area contributed by atoms with Crippen LogP contribution in [0.2, 0.25) is 0 Å². The molecular weight excluding hydrogens is 507 g/mol. The summed E-state index contributed by atoms with van der Waals surface area (Å²) in [5.41, 5.74) is 1.81. The number of nitrogens with one attached hydrogen (secondary N) is 1. The molecule has 4 heterocycles. The Balaban J connectivity index is 1.48. The van der Waals surface area contributed by atoms with Crippen LogP contribution in [0.3, 0.4) is 0 Å². The highest BCUT2D eigenvalue weighted by Crippen LogP contribution is 2.33. The van der Waals surface area contributed by atoms with Crippen molar-refractivity contribution in [3.8, 4) is 11.4 Å². The second kappa shape index (κ2) is 10.4. The van der Waals surface area contributed by atoms with E-state index >= 15 is 0 Å². The van der Waals surface area contributed by atoms with Crippen LogP contribution in [0.5, 0.6) is 0 Å². The molecule has 2 aromatic heterocycles. The number of likely N-dealkylation sites (tertiary alicyclic amines) is 1. The van der Waals surface area contributed by atoms with E-state index in [1.165, 1.54) is 7.11 Å². The van der Waals surface area contributed by atoms with E-state index in [9.17, 15) is 22.8 Å². The molecule has 0 unspecified atom stereocenters. The summed E-state index contributed by atoms with van der Waals surface area (Å²) in [7, 11) is 1.28. The van der Waals surface area contributed by atoms with Gasteiger partial charge in [0.25, 0.3) is 0 Å². The van der Waals surface area contributed by atoms with Gasteiger partial charge in [-0.25, -0.2) is 19.4 Å². The first kappa shape index (κ1) is 25.7. The van der Waals surface area contributed by atoms with Crippen molar-refractivity contribution in [2.75, 3.05) is 56.7 Å². The lowest BCUT2D eigenvalue weighted by Crippen LogP contribution is -2.45. The van der Waals surface area contributed by atoms with Crippen molar-refractivity contribution in [2.24, 2.45) is 0 Å². The Bertz CT molecular complexity index is 1320. The molecule has 0 radical (unpaired) electrons. The van der Waals surface area contributed by atoms with Crippen molar-refractivity contribution in [1.82, 2.24) is 24.6 Å². The molecule has 2 aliphatic rings. The van der Waals surface area contributed by atoms with Gasteiger partial charge in [0.2, 0.25) is 0 Å². The summed E-state index contributed by atoms with van der Waals surface area (Å²) < 4.78 is 50.5. The number of methoxy groups -OCH3 is 1. The zero-order valence-corrected chi connectivity index (χ0v) is 20.6. The van der Waals surface area contributed by atoms with Crippen LogP contribution in [0.15, 0.2) is 30.5 Å². The topological polar surface area (TPSA) is 115 Å². The van der Waals surface area contributed by atoms with Crippen molar-refractivity contribution >= 4 is 34.5 Å². The molecule has 2 amide bonds. The van der Waals surface area contributed by atoms with E-state index in [1.54, 1.807) is 35.1 Å². The van der Waals surface area contributed by atoms with Crippen LogP contribution in [0.4, 0.5) is 29.5 Å². The Kier molecular flexibility index (Phi) is 7.06. The highest BCUT2D eigenvalue weighted by Gasteiger charge is 2.43. The molecule has 5 rings (SSSR count). The van der Waals surface area contributed by atoms with E-state index in [0.717, 1.165) is 10.3 Å². The van der Waals surface area contributed by atoms with Gasteiger partial charge in [-0.2, -0.15) is 18.3 Å². The number of hydrogen-bond acceptors (Lipinski definition) is 8. The average Bonchev–Trinajstić information content (AvgIpc) is 3.36. The van der Waals surface area contributed by atoms with E-state index in [4.69, 9.17) is 14.7 Å². The van der Waals surface area contributed by atoms with Crippen LogP contribution >= 0.6 is 0 Å². The van der Waals surface area contributed by atoms with Gasteiger partial charge in [0, 0.05) is 37.4 Å². The number of anilines is 2. The minimum absolute atomic E-state index is 0.0206. The van der Waals surface area contributed by atoms with Gasteiger partial charge in [-0.1, -0.05) is 0 Å². The van der Waals surface area contributed by atoms with Crippen LogP contribution in [-0.2, 0) is 14.3 Å². The first-order valence-corrected chi connectivity index (χ1v) is 12.1. The van der Waals surface area contributed by atoms with Crippen molar-refractivity contribution in [3.63, 3.8) is 0 Å². The summed E-state index contributed by atoms with van der Waals surface area (Å²) >= 11 is 0. The summed E-state index contributed by atoms with van der Waals surface area (Å²) in [4.78, 5) is 35.7. The van der Waals surface area contributed by atoms with Crippen LogP contribution in [-0.4, -0.2) is 89.3 Å². The third-order valence-corrected chi connectivity index (χ3v) is 6.66. The standard InChI is InChI=1S/C24H26F3N7O4/c1-37-23(36)29-16-4-2-15(3-5-16)19-30-20(32-10-12-38-13-11-32)18-14-28-34(21(18)31-19)17-6-8-33(9-7-17)22(35)24(25,26)27/h2-5,14,17H,6-13H2,1H3,(H,29,36). The number of morpholine rings is 1. The predicted octanol–water partition coefficient (Wildman–Crippen LogP) is 3.23. The van der Waals surface area contributed by atoms with E-state index < -0.39 is 18.2 Å². The lowest BCUT2D eigenvalue weighted by molar-refractivity contribution is -0.186. The Morgan fingerprint density at radius 1 is 1.05 bits per heavy atom. The monoisotopic (exact) mass is 533 g/mol. The van der Waals surface area contributed by atoms with E-state index in [0.29, 0.717) is 67.7 Å². The molecule has 3 aromatic rings. The largest absolute Gasteiger partial charge is 0.471 e. The Labute approximate surface area is 215 Å². The molecule has 1 aromatic carbocycles. The van der Waals surface area contributed by atoms with Gasteiger partial charge < -0.3 is 19.3 Å². The zero-order valence-electron chi connectivity index (χ0n) is 20.6. The molecule has 0 atom stereocenters. The fraction of sp³-hybridized carbons (Fsp3) is 0.458. The van der Waals surface area contributed by atoms with Gasteiger partial charge in [0.05, 0.1) is 37.9 Å². The fourth-order valence-electron chi connectivity index (χ4n) is 4.69. The SMILES string of the molecule is COC(=O)Nc1ccc(-c2nc(N3CCOCC3)c3cnn(C4CCN(C(=O)C(F)(F)F)CC4)c3n2)cc1. The lowest BCUT2D eigenvalue weighted by atomic mass is 10.1. The first-order valence-electron chi connectivity index (χ1n) is 12.1. The molecule has 202 valence electrons. The average molecular weight is 534 g/mol. The van der Waals surface area contributed by atoms with Crippen molar-refractivity contribution in [2.45, 2.75) is 25.1 Å². The van der Waals surface area contributed by atoms with Gasteiger partial charge in [0.15, 0.2) is 11.5 Å². The molecule has 0 spiro atoms. The fourth-order valence-corrected chi connectivity index (χ4v) is 4.69. The maximum Gasteiger partial charge on any atom is 0.471 e. The lowest BCUT2D eigenvalue weighted by Gasteiger charge is -2.32. The van der Waals surface area contributed by atoms with Gasteiger partial charge in [-0.05, 0) is 37.1 Å². The summed E-state index contributed by atoms with van der Waals surface area (Å²) in [5, 5.41) is 7.88. The number of fused-ring (bicyclic) bond motifs is 1. The van der Waals surface area contributed by atoms with Gasteiger partial charge in [-0.15, -0.1) is 0 Å². The Morgan fingerprint density at radius 3 is 2.37 bits per heavy atom. The highest BCUT2D eigenvalue weighted by atomic mass is 19.4. The van der Waals surface area contributed by atoms with Gasteiger partial charge in [-0.3, -0.25) is 10.1 Å². The van der Waals surface area contributed by atoms with Crippen molar-refractivity contribution in [1.29, 1.82) is 0 Å². The number of amides is 2. The molecule has 38 heavy (non-hydrogen) atoms. The molecule has 14 heteroatoms. The number of alkyl halides is 3. The van der Waals surface area contributed by atoms with Crippen LogP contribution in [0.25, 0.3) is 22.4 Å². The Morgan fingerprint density at radius 2 is 1.74 bits per heavy atom. The normalized spacial score (nSPS) is 17.1. The number of nitrogens with zero attached hydrogens (tertiary/aromatic N) is 6. The van der Waals surface area contributed by atoms with Crippen molar-refractivity contribution < 1.29 is 32.2 Å². The number of carbonyl (C=O) groups is 2. The number of rotatable bonds is 4. The minimum Gasteiger partial charge on any atom is -0.453 e. The molecular formula is C24H26F3N7O4. The van der Waals surface area contributed by atoms with E-state index in [1.807, 2.05) is 0 Å². The third-order valence-electron chi connectivity index (χ3n) is 6.66. The number of halogens is 3. The Hall–Kier alpha value is -3.94. The molecule has 2 saturated heterocycles. The smallest absolute Gasteiger partial charge is 0.453 e. The minimum atomic E-state index is -4.89. The van der Waals surface area contributed by atoms with Crippen LogP contribution in [0, 0.1) is 0 Å². The predicted molar refractivity (Wildman–Crippen MR) is 131 cm³/mol. The number of ether oxygens (including phenoxy) is 2. The maximum atomic E-state index is 12.9. The van der Waals surface area contributed by atoms with Gasteiger partial charge in [0.1, 0.15) is 5.82 Å². The second-order valence-electron chi connectivity index (χ2n) is 9.01. The quantitative estimate of drug-likeness (QED) is 0.544. The number of carbonyl (C=O) groups excluding carboxylic acids is 2. The molecule has 1 N–H and O–H groups in total. The van der Waals surface area contributed by atoms with E-state index in [-0.39, 0.29) is 19.1 Å². The summed E-state index contributed by atoms with van der Waals surface area (Å²) in [6, 6.07) is 6.74. The third kappa shape index (κ3) is 5.21. The molecule has 0 bridgehead atoms. The van der Waals surface area contributed by atoms with Crippen LogP contribution < -0.4 is 10.2 Å². The second-order valence-corrected chi connectivity index (χ2v) is 9.01. The molecule has 2 aliphatic heterocycles. The van der Waals surface area contributed by atoms with Gasteiger partial charge >= 0.3 is 18.2 Å². The molecule has 11 nitrogen and oxygen atoms in total. The van der Waals surface area contributed by atoms with E-state index in [2.05, 4.69) is 20.1 Å². The highest BCUT2D eigenvalue weighted by molar-refractivity contribution is 5.89. The molecule has 2 fully saturated rings. The number of hydrogen-bond donors (Lipinski definition) is 1. The van der Waals surface area contributed by atoms with Crippen molar-refractivity contribution in [3.05, 3.63) is 30.5 Å². The maximum absolute atomic E-state index is 12.9.